The lowest BCUT2D eigenvalue weighted by atomic mass is 10.2. The average Bonchev–Trinajstić information content (AvgIpc) is 2.01. The Morgan fingerprint density at radius 1 is 1.31 bits per heavy atom. The van der Waals surface area contributed by atoms with Crippen LogP contribution in [0.3, 0.4) is 0 Å². The monoisotopic (exact) mass is 194 g/mol. The number of hydrogen-bond acceptors (Lipinski definition) is 4. The topological polar surface area (TPSA) is 98.0 Å². The summed E-state index contributed by atoms with van der Waals surface area (Å²) in [6.45, 7) is 3.10. The first-order valence-corrected chi connectivity index (χ1v) is 4.11. The standard InChI is InChI=1S/C5H12O2.C3H6O3/c1-5(7)3-2-4-6;1-2(4)3(5)6/h5-7H,2-4H2,1H3;2,4H,1H3,(H,5,6). The summed E-state index contributed by atoms with van der Waals surface area (Å²) in [6.07, 6.45) is -0.0779. The van der Waals surface area contributed by atoms with Crippen LogP contribution < -0.4 is 0 Å². The molecule has 0 saturated heterocycles. The van der Waals surface area contributed by atoms with Crippen molar-refractivity contribution in [1.82, 2.24) is 0 Å². The molecule has 4 N–H and O–H groups in total. The number of carboxylic acids is 1. The Kier molecular flexibility index (Phi) is 10.8. The summed E-state index contributed by atoms with van der Waals surface area (Å²) in [5.41, 5.74) is 0. The predicted octanol–water partition coefficient (Wildman–Crippen LogP) is -0.409. The van der Waals surface area contributed by atoms with E-state index in [2.05, 4.69) is 0 Å². The maximum absolute atomic E-state index is 9.45. The van der Waals surface area contributed by atoms with Gasteiger partial charge in [-0.1, -0.05) is 0 Å². The maximum Gasteiger partial charge on any atom is 0.332 e. The molecule has 0 aromatic heterocycles. The Bertz CT molecular complexity index is 122. The minimum absolute atomic E-state index is 0.185. The molecule has 0 radical (unpaired) electrons. The second-order valence-electron chi connectivity index (χ2n) is 2.73. The zero-order chi connectivity index (χ0) is 10.9. The first-order valence-electron chi connectivity index (χ1n) is 4.11. The summed E-state index contributed by atoms with van der Waals surface area (Å²) in [5, 5.41) is 32.5. The second-order valence-corrected chi connectivity index (χ2v) is 2.73. The molecule has 0 aromatic rings. The number of hydrogen-bond donors (Lipinski definition) is 4. The molecule has 0 saturated carbocycles. The molecular formula is C8H18O5. The first kappa shape index (κ1) is 14.9. The van der Waals surface area contributed by atoms with Crippen molar-refractivity contribution >= 4 is 5.97 Å². The highest BCUT2D eigenvalue weighted by Crippen LogP contribution is 1.92. The fourth-order valence-electron chi connectivity index (χ4n) is 0.387. The number of aliphatic carboxylic acids is 1. The van der Waals surface area contributed by atoms with Gasteiger partial charge in [-0.3, -0.25) is 0 Å². The van der Waals surface area contributed by atoms with Crippen molar-refractivity contribution in [1.29, 1.82) is 0 Å². The molecular weight excluding hydrogens is 176 g/mol. The minimum Gasteiger partial charge on any atom is -0.479 e. The van der Waals surface area contributed by atoms with E-state index in [4.69, 9.17) is 20.4 Å². The van der Waals surface area contributed by atoms with Crippen molar-refractivity contribution < 1.29 is 25.2 Å². The van der Waals surface area contributed by atoms with Gasteiger partial charge in [-0.2, -0.15) is 0 Å². The van der Waals surface area contributed by atoms with Crippen LogP contribution in [-0.4, -0.2) is 45.2 Å². The summed E-state index contributed by atoms with van der Waals surface area (Å²) < 4.78 is 0. The molecule has 0 bridgehead atoms. The van der Waals surface area contributed by atoms with Crippen LogP contribution in [0.2, 0.25) is 0 Å². The lowest BCUT2D eigenvalue weighted by molar-refractivity contribution is -0.145. The molecule has 5 nitrogen and oxygen atoms in total. The Hall–Kier alpha value is -0.650. The van der Waals surface area contributed by atoms with Gasteiger partial charge in [0.1, 0.15) is 6.10 Å². The van der Waals surface area contributed by atoms with Crippen molar-refractivity contribution in [2.45, 2.75) is 38.9 Å². The molecule has 2 unspecified atom stereocenters. The number of aliphatic hydroxyl groups excluding tert-OH is 3. The zero-order valence-corrected chi connectivity index (χ0v) is 7.97. The molecule has 0 amide bonds. The molecule has 5 heteroatoms. The van der Waals surface area contributed by atoms with Crippen molar-refractivity contribution in [3.05, 3.63) is 0 Å². The summed E-state index contributed by atoms with van der Waals surface area (Å²) in [4.78, 5) is 9.45. The third-order valence-electron chi connectivity index (χ3n) is 1.14. The third kappa shape index (κ3) is 18.4. The third-order valence-corrected chi connectivity index (χ3v) is 1.14. The van der Waals surface area contributed by atoms with Crippen molar-refractivity contribution in [3.8, 4) is 0 Å². The molecule has 2 atom stereocenters. The van der Waals surface area contributed by atoms with E-state index >= 15 is 0 Å². The van der Waals surface area contributed by atoms with Crippen LogP contribution >= 0.6 is 0 Å². The molecule has 0 aliphatic heterocycles. The molecule has 0 heterocycles. The Balaban J connectivity index is 0. The molecule has 0 aromatic carbocycles. The van der Waals surface area contributed by atoms with Crippen LogP contribution in [0.25, 0.3) is 0 Å². The lowest BCUT2D eigenvalue weighted by Crippen LogP contribution is -2.13. The number of carboxylic acid groups (broad SMARTS) is 1. The van der Waals surface area contributed by atoms with E-state index in [1.807, 2.05) is 0 Å². The van der Waals surface area contributed by atoms with Gasteiger partial charge in [0.2, 0.25) is 0 Å². The van der Waals surface area contributed by atoms with Gasteiger partial charge in [0.25, 0.3) is 0 Å². The van der Waals surface area contributed by atoms with Gasteiger partial charge in [-0.05, 0) is 26.7 Å². The highest BCUT2D eigenvalue weighted by atomic mass is 16.4. The van der Waals surface area contributed by atoms with E-state index in [-0.39, 0.29) is 12.7 Å². The van der Waals surface area contributed by atoms with Crippen LogP contribution in [0.5, 0.6) is 0 Å². The summed E-state index contributed by atoms with van der Waals surface area (Å²) in [6, 6.07) is 0. The lowest BCUT2D eigenvalue weighted by Gasteiger charge is -1.98. The smallest absolute Gasteiger partial charge is 0.332 e. The van der Waals surface area contributed by atoms with Gasteiger partial charge >= 0.3 is 5.97 Å². The van der Waals surface area contributed by atoms with Gasteiger partial charge in [0, 0.05) is 6.61 Å². The van der Waals surface area contributed by atoms with Crippen LogP contribution in [-0.2, 0) is 4.79 Å². The fraction of sp³-hybridized carbons (Fsp3) is 0.875. The predicted molar refractivity (Wildman–Crippen MR) is 47.3 cm³/mol. The average molecular weight is 194 g/mol. The first-order chi connectivity index (χ1) is 5.91. The SMILES string of the molecule is CC(O)C(=O)O.CC(O)CCCO. The molecule has 0 spiro atoms. The fourth-order valence-corrected chi connectivity index (χ4v) is 0.387. The van der Waals surface area contributed by atoms with Crippen LogP contribution in [0.4, 0.5) is 0 Å². The number of rotatable bonds is 4. The van der Waals surface area contributed by atoms with Gasteiger partial charge < -0.3 is 20.4 Å². The molecule has 0 rings (SSSR count). The molecule has 13 heavy (non-hydrogen) atoms. The van der Waals surface area contributed by atoms with Gasteiger partial charge in [-0.15, -0.1) is 0 Å². The largest absolute Gasteiger partial charge is 0.479 e. The summed E-state index contributed by atoms with van der Waals surface area (Å²) in [7, 11) is 0. The van der Waals surface area contributed by atoms with Crippen molar-refractivity contribution in [2.75, 3.05) is 6.61 Å². The van der Waals surface area contributed by atoms with E-state index < -0.39 is 12.1 Å². The number of aliphatic hydroxyl groups is 3. The normalized spacial score (nSPS) is 13.9. The van der Waals surface area contributed by atoms with E-state index in [1.165, 1.54) is 6.92 Å². The van der Waals surface area contributed by atoms with Gasteiger partial charge in [0.05, 0.1) is 6.10 Å². The maximum atomic E-state index is 9.45. The quantitative estimate of drug-likeness (QED) is 0.488. The minimum atomic E-state index is -1.23. The van der Waals surface area contributed by atoms with Crippen LogP contribution in [0.15, 0.2) is 0 Å². The van der Waals surface area contributed by atoms with Crippen LogP contribution in [0, 0.1) is 0 Å². The van der Waals surface area contributed by atoms with E-state index in [0.29, 0.717) is 12.8 Å². The Morgan fingerprint density at radius 2 is 1.69 bits per heavy atom. The van der Waals surface area contributed by atoms with E-state index in [0.717, 1.165) is 0 Å². The van der Waals surface area contributed by atoms with Crippen molar-refractivity contribution in [3.63, 3.8) is 0 Å². The van der Waals surface area contributed by atoms with Crippen molar-refractivity contribution in [2.24, 2.45) is 0 Å². The summed E-state index contributed by atoms with van der Waals surface area (Å²) in [5.74, 6) is -1.19. The molecule has 80 valence electrons. The zero-order valence-electron chi connectivity index (χ0n) is 7.97. The molecule has 0 fully saturated rings. The van der Waals surface area contributed by atoms with E-state index in [9.17, 15) is 4.79 Å². The Labute approximate surface area is 77.6 Å². The van der Waals surface area contributed by atoms with Gasteiger partial charge in [-0.25, -0.2) is 4.79 Å². The second kappa shape index (κ2) is 9.44. The Morgan fingerprint density at radius 3 is 1.77 bits per heavy atom. The number of carbonyl (C=O) groups is 1. The van der Waals surface area contributed by atoms with Crippen LogP contribution in [0.1, 0.15) is 26.7 Å². The highest BCUT2D eigenvalue weighted by molar-refractivity contribution is 5.71. The summed E-state index contributed by atoms with van der Waals surface area (Å²) >= 11 is 0. The molecule has 0 aliphatic carbocycles. The highest BCUT2D eigenvalue weighted by Gasteiger charge is 2.01. The van der Waals surface area contributed by atoms with E-state index in [1.54, 1.807) is 6.92 Å². The molecule has 0 aliphatic rings. The van der Waals surface area contributed by atoms with Gasteiger partial charge in [0.15, 0.2) is 0 Å².